The van der Waals surface area contributed by atoms with Crippen LogP contribution in [0.2, 0.25) is 0 Å². The lowest BCUT2D eigenvalue weighted by Crippen LogP contribution is -2.31. The number of nitrogens with two attached hydrogens (primary N) is 1. The number of aliphatic hydroxyl groups excluding tert-OH is 1. The van der Waals surface area contributed by atoms with Crippen LogP contribution in [0, 0.1) is 11.3 Å². The quantitative estimate of drug-likeness (QED) is 0.642. The van der Waals surface area contributed by atoms with Gasteiger partial charge >= 0.3 is 0 Å². The Morgan fingerprint density at radius 2 is 2.27 bits per heavy atom. The van der Waals surface area contributed by atoms with Gasteiger partial charge in [0.15, 0.2) is 0 Å². The van der Waals surface area contributed by atoms with Crippen LogP contribution in [0.3, 0.4) is 0 Å². The van der Waals surface area contributed by atoms with Gasteiger partial charge < -0.3 is 10.8 Å². The maximum Gasteiger partial charge on any atom is 0.0611 e. The van der Waals surface area contributed by atoms with Crippen molar-refractivity contribution in [2.75, 3.05) is 6.54 Å². The largest absolute Gasteiger partial charge is 0.392 e. The van der Waals surface area contributed by atoms with Crippen LogP contribution in [-0.4, -0.2) is 17.8 Å². The number of aliphatic hydroxyl groups is 1. The molecule has 2 heteroatoms. The first-order valence-corrected chi connectivity index (χ1v) is 4.55. The highest BCUT2D eigenvalue weighted by molar-refractivity contribution is 5.05. The molecule has 1 rings (SSSR count). The second kappa shape index (κ2) is 3.11. The number of rotatable bonds is 4. The van der Waals surface area contributed by atoms with Crippen LogP contribution < -0.4 is 5.73 Å². The Morgan fingerprint density at radius 3 is 2.55 bits per heavy atom. The fourth-order valence-electron chi connectivity index (χ4n) is 1.96. The van der Waals surface area contributed by atoms with Crippen LogP contribution in [0.25, 0.3) is 0 Å². The van der Waals surface area contributed by atoms with Gasteiger partial charge in [0.25, 0.3) is 0 Å². The molecule has 0 spiro atoms. The molecule has 0 radical (unpaired) electrons. The van der Waals surface area contributed by atoms with E-state index in [1.807, 2.05) is 0 Å². The normalized spacial score (nSPS) is 38.7. The molecule has 0 aromatic carbocycles. The third-order valence-electron chi connectivity index (χ3n) is 3.11. The van der Waals surface area contributed by atoms with Gasteiger partial charge in [-0.3, -0.25) is 0 Å². The molecule has 1 aliphatic rings. The van der Waals surface area contributed by atoms with Gasteiger partial charge in [0, 0.05) is 12.0 Å². The lowest BCUT2D eigenvalue weighted by Gasteiger charge is -2.20. The van der Waals surface area contributed by atoms with Crippen molar-refractivity contribution in [3.05, 3.63) is 0 Å². The highest BCUT2D eigenvalue weighted by Gasteiger charge is 2.54. The van der Waals surface area contributed by atoms with E-state index in [0.717, 1.165) is 19.3 Å². The molecule has 0 aromatic heterocycles. The zero-order chi connectivity index (χ0) is 8.48. The van der Waals surface area contributed by atoms with E-state index in [4.69, 9.17) is 5.73 Å². The van der Waals surface area contributed by atoms with Gasteiger partial charge in [-0.15, -0.1) is 0 Å². The van der Waals surface area contributed by atoms with E-state index in [-0.39, 0.29) is 11.5 Å². The van der Waals surface area contributed by atoms with Crippen LogP contribution >= 0.6 is 0 Å². The minimum absolute atomic E-state index is 0.0933. The van der Waals surface area contributed by atoms with E-state index in [1.165, 1.54) is 0 Å². The van der Waals surface area contributed by atoms with Gasteiger partial charge in [0.1, 0.15) is 0 Å². The van der Waals surface area contributed by atoms with Gasteiger partial charge in [-0.2, -0.15) is 0 Å². The summed E-state index contributed by atoms with van der Waals surface area (Å²) in [6.07, 6.45) is 2.91. The molecule has 66 valence electrons. The highest BCUT2D eigenvalue weighted by atomic mass is 16.3. The van der Waals surface area contributed by atoms with E-state index in [0.29, 0.717) is 12.5 Å². The standard InChI is InChI=1S/C9H19NO/c1-3-4-8(11)9(6-10)5-7(9)2/h7-8,11H,3-6,10H2,1-2H3/t7-,8-,9-/m0/s1. The highest BCUT2D eigenvalue weighted by Crippen LogP contribution is 2.54. The molecular formula is C9H19NO. The molecule has 3 atom stereocenters. The van der Waals surface area contributed by atoms with Crippen molar-refractivity contribution in [2.45, 2.75) is 39.2 Å². The number of hydrogen-bond acceptors (Lipinski definition) is 2. The van der Waals surface area contributed by atoms with Crippen LogP contribution in [0.5, 0.6) is 0 Å². The van der Waals surface area contributed by atoms with Crippen LogP contribution in [0.4, 0.5) is 0 Å². The molecule has 11 heavy (non-hydrogen) atoms. The van der Waals surface area contributed by atoms with E-state index >= 15 is 0 Å². The van der Waals surface area contributed by atoms with Crippen molar-refractivity contribution in [2.24, 2.45) is 17.1 Å². The van der Waals surface area contributed by atoms with Crippen LogP contribution in [0.1, 0.15) is 33.1 Å². The van der Waals surface area contributed by atoms with E-state index in [2.05, 4.69) is 13.8 Å². The molecule has 0 unspecified atom stereocenters. The molecule has 0 bridgehead atoms. The van der Waals surface area contributed by atoms with Crippen LogP contribution in [0.15, 0.2) is 0 Å². The molecule has 1 fully saturated rings. The van der Waals surface area contributed by atoms with Gasteiger partial charge in [0.05, 0.1) is 6.10 Å². The van der Waals surface area contributed by atoms with Gasteiger partial charge in [-0.1, -0.05) is 20.3 Å². The molecule has 0 saturated heterocycles. The summed E-state index contributed by atoms with van der Waals surface area (Å²) in [4.78, 5) is 0. The second-order valence-electron chi connectivity index (χ2n) is 3.85. The second-order valence-corrected chi connectivity index (χ2v) is 3.85. The summed E-state index contributed by atoms with van der Waals surface area (Å²) in [6, 6.07) is 0. The molecule has 1 saturated carbocycles. The lowest BCUT2D eigenvalue weighted by atomic mass is 9.93. The zero-order valence-electron chi connectivity index (χ0n) is 7.51. The Morgan fingerprint density at radius 1 is 1.73 bits per heavy atom. The first-order chi connectivity index (χ1) is 5.17. The first kappa shape index (κ1) is 9.01. The molecular weight excluding hydrogens is 138 g/mol. The number of hydrogen-bond donors (Lipinski definition) is 2. The maximum atomic E-state index is 9.73. The molecule has 0 aliphatic heterocycles. The molecule has 1 aliphatic carbocycles. The fraction of sp³-hybridized carbons (Fsp3) is 1.00. The minimum atomic E-state index is -0.160. The SMILES string of the molecule is CCC[C@H](O)[C@]1(CN)C[C@@H]1C. The molecule has 3 N–H and O–H groups in total. The summed E-state index contributed by atoms with van der Waals surface area (Å²) in [6.45, 7) is 4.92. The van der Waals surface area contributed by atoms with Crippen molar-refractivity contribution >= 4 is 0 Å². The monoisotopic (exact) mass is 157 g/mol. The third-order valence-corrected chi connectivity index (χ3v) is 3.11. The predicted molar refractivity (Wildman–Crippen MR) is 46.2 cm³/mol. The van der Waals surface area contributed by atoms with Crippen molar-refractivity contribution in [3.63, 3.8) is 0 Å². The molecule has 2 nitrogen and oxygen atoms in total. The predicted octanol–water partition coefficient (Wildman–Crippen LogP) is 1.13. The summed E-state index contributed by atoms with van der Waals surface area (Å²) in [5, 5.41) is 9.73. The zero-order valence-corrected chi connectivity index (χ0v) is 7.51. The Labute approximate surface area is 68.8 Å². The van der Waals surface area contributed by atoms with Gasteiger partial charge in [0.2, 0.25) is 0 Å². The summed E-state index contributed by atoms with van der Waals surface area (Å²) >= 11 is 0. The molecule has 0 heterocycles. The topological polar surface area (TPSA) is 46.2 Å². The maximum absolute atomic E-state index is 9.73. The summed E-state index contributed by atoms with van der Waals surface area (Å²) in [5.74, 6) is 0.633. The lowest BCUT2D eigenvalue weighted by molar-refractivity contribution is 0.0798. The van der Waals surface area contributed by atoms with E-state index in [9.17, 15) is 5.11 Å². The fourth-order valence-corrected chi connectivity index (χ4v) is 1.96. The Balaban J connectivity index is 2.44. The Hall–Kier alpha value is -0.0800. The van der Waals surface area contributed by atoms with Crippen molar-refractivity contribution in [1.82, 2.24) is 0 Å². The van der Waals surface area contributed by atoms with Crippen LogP contribution in [-0.2, 0) is 0 Å². The third kappa shape index (κ3) is 1.42. The van der Waals surface area contributed by atoms with Gasteiger partial charge in [-0.25, -0.2) is 0 Å². The Kier molecular flexibility index (Phi) is 2.55. The van der Waals surface area contributed by atoms with E-state index in [1.54, 1.807) is 0 Å². The average molecular weight is 157 g/mol. The van der Waals surface area contributed by atoms with Crippen molar-refractivity contribution in [3.8, 4) is 0 Å². The van der Waals surface area contributed by atoms with Crippen molar-refractivity contribution in [1.29, 1.82) is 0 Å². The molecule has 0 aromatic rings. The first-order valence-electron chi connectivity index (χ1n) is 4.55. The van der Waals surface area contributed by atoms with Crippen molar-refractivity contribution < 1.29 is 5.11 Å². The summed E-state index contributed by atoms with van der Waals surface area (Å²) in [7, 11) is 0. The smallest absolute Gasteiger partial charge is 0.0611 e. The summed E-state index contributed by atoms with van der Waals surface area (Å²) in [5.41, 5.74) is 5.72. The minimum Gasteiger partial charge on any atom is -0.392 e. The molecule has 0 amide bonds. The van der Waals surface area contributed by atoms with E-state index < -0.39 is 0 Å². The average Bonchev–Trinajstić information content (AvgIpc) is 2.63. The van der Waals surface area contributed by atoms with Gasteiger partial charge in [-0.05, 0) is 18.8 Å². The Bertz CT molecular complexity index is 134. The summed E-state index contributed by atoms with van der Waals surface area (Å²) < 4.78 is 0.